The third-order valence-corrected chi connectivity index (χ3v) is 11.5. The summed E-state index contributed by atoms with van der Waals surface area (Å²) in [6, 6.07) is 25.7. The average molecular weight is 654 g/mol. The Labute approximate surface area is 291 Å². The van der Waals surface area contributed by atoms with E-state index in [-0.39, 0.29) is 16.9 Å². The van der Waals surface area contributed by atoms with E-state index in [1.807, 2.05) is 6.92 Å². The number of hydrogen-bond acceptors (Lipinski definition) is 2. The number of halogens is 1. The first-order chi connectivity index (χ1) is 23.2. The van der Waals surface area contributed by atoms with Gasteiger partial charge in [-0.15, -0.1) is 4.58 Å². The van der Waals surface area contributed by atoms with E-state index in [0.717, 1.165) is 30.8 Å². The van der Waals surface area contributed by atoms with Gasteiger partial charge < -0.3 is 9.64 Å². The highest BCUT2D eigenvalue weighted by molar-refractivity contribution is 6.32. The second-order valence-corrected chi connectivity index (χ2v) is 14.9. The molecule has 0 bridgehead atoms. The Hall–Kier alpha value is -4.10. The highest BCUT2D eigenvalue weighted by Gasteiger charge is 2.55. The predicted molar refractivity (Wildman–Crippen MR) is 203 cm³/mol. The molecule has 2 atom stereocenters. The number of anilines is 1. The normalized spacial score (nSPS) is 24.0. The highest BCUT2D eigenvalue weighted by Crippen LogP contribution is 2.51. The summed E-state index contributed by atoms with van der Waals surface area (Å²) in [7, 11) is 1.78. The topological polar surface area (TPSA) is 15.5 Å². The van der Waals surface area contributed by atoms with E-state index >= 15 is 0 Å². The van der Waals surface area contributed by atoms with Crippen molar-refractivity contribution in [2.45, 2.75) is 71.3 Å². The van der Waals surface area contributed by atoms with Gasteiger partial charge in [0, 0.05) is 48.5 Å². The van der Waals surface area contributed by atoms with Gasteiger partial charge in [0.05, 0.1) is 17.9 Å². The largest absolute Gasteiger partial charge is 0.383 e. The maximum atomic E-state index is 7.27. The first kappa shape index (κ1) is 32.4. The van der Waals surface area contributed by atoms with Crippen LogP contribution in [0.3, 0.4) is 0 Å². The quantitative estimate of drug-likeness (QED) is 0.194. The van der Waals surface area contributed by atoms with E-state index in [1.165, 1.54) is 55.7 Å². The first-order valence-electron chi connectivity index (χ1n) is 17.3. The molecule has 3 aromatic rings. The van der Waals surface area contributed by atoms with Gasteiger partial charge in [0.1, 0.15) is 0 Å². The smallest absolute Gasteiger partial charge is 0.223 e. The molecule has 48 heavy (non-hydrogen) atoms. The van der Waals surface area contributed by atoms with Gasteiger partial charge >= 0.3 is 0 Å². The standard InChI is InChI=1S/C44H46ClN2O/c1-7-27-46-36-23-19-30-13-8-10-17-34(30)40(36)43(2,3)38(46)25-21-32-15-12-16-33(42(32)45)22-26-39-44(4,5)41-35-18-11-9-14-31(35)20-24-37(41)47(39)28-29-48-6/h8-11,13-14,17-26,36,40H,12,15-16,28-29H2,1-6H3/q+1. The van der Waals surface area contributed by atoms with Gasteiger partial charge in [0.25, 0.3) is 0 Å². The van der Waals surface area contributed by atoms with Crippen molar-refractivity contribution >= 4 is 39.8 Å². The molecule has 0 aromatic heterocycles. The van der Waals surface area contributed by atoms with Crippen LogP contribution in [-0.2, 0) is 10.2 Å². The van der Waals surface area contributed by atoms with Gasteiger partial charge in [-0.1, -0.05) is 98.3 Å². The monoisotopic (exact) mass is 653 g/mol. The van der Waals surface area contributed by atoms with Gasteiger partial charge in [-0.25, -0.2) is 0 Å². The molecule has 2 aliphatic heterocycles. The fraction of sp³-hybridized carbons (Fsp3) is 0.341. The fourth-order valence-electron chi connectivity index (χ4n) is 8.70. The van der Waals surface area contributed by atoms with Gasteiger partial charge in [-0.05, 0) is 95.9 Å². The van der Waals surface area contributed by atoms with E-state index in [2.05, 4.69) is 146 Å². The lowest BCUT2D eigenvalue weighted by atomic mass is 9.68. The third kappa shape index (κ3) is 5.31. The lowest BCUT2D eigenvalue weighted by Gasteiger charge is -2.29. The maximum Gasteiger partial charge on any atom is 0.223 e. The number of nitrogens with zero attached hydrogens (tertiary/aromatic N) is 2. The molecule has 0 radical (unpaired) electrons. The molecular weight excluding hydrogens is 608 g/mol. The van der Waals surface area contributed by atoms with Gasteiger partial charge in [-0.3, -0.25) is 0 Å². The lowest BCUT2D eigenvalue weighted by molar-refractivity contribution is -0.459. The molecule has 2 heterocycles. The Morgan fingerprint density at radius 1 is 0.979 bits per heavy atom. The Balaban J connectivity index is 1.25. The number of allylic oxidation sites excluding steroid dienone is 8. The van der Waals surface area contributed by atoms with Crippen LogP contribution in [0.5, 0.6) is 0 Å². The number of hydrogen-bond donors (Lipinski definition) is 0. The van der Waals surface area contributed by atoms with E-state index < -0.39 is 0 Å². The molecule has 3 nitrogen and oxygen atoms in total. The Kier molecular flexibility index (Phi) is 8.61. The second kappa shape index (κ2) is 12.7. The summed E-state index contributed by atoms with van der Waals surface area (Å²) < 4.78 is 7.86. The predicted octanol–water partition coefficient (Wildman–Crippen LogP) is 10.3. The van der Waals surface area contributed by atoms with E-state index in [4.69, 9.17) is 16.3 Å². The van der Waals surface area contributed by atoms with E-state index in [1.54, 1.807) is 7.11 Å². The molecule has 0 saturated carbocycles. The molecule has 4 aliphatic rings. The molecule has 7 rings (SSSR count). The molecule has 0 N–H and O–H groups in total. The minimum absolute atomic E-state index is 0.102. The maximum absolute atomic E-state index is 7.27. The minimum Gasteiger partial charge on any atom is -0.383 e. The van der Waals surface area contributed by atoms with Crippen LogP contribution in [0.1, 0.15) is 76.5 Å². The third-order valence-electron chi connectivity index (χ3n) is 11.0. The Morgan fingerprint density at radius 3 is 2.58 bits per heavy atom. The van der Waals surface area contributed by atoms with Crippen LogP contribution in [0, 0.1) is 17.4 Å². The molecule has 3 aromatic carbocycles. The summed E-state index contributed by atoms with van der Waals surface area (Å²) in [6.45, 7) is 12.8. The van der Waals surface area contributed by atoms with Crippen LogP contribution in [-0.4, -0.2) is 36.6 Å². The zero-order chi connectivity index (χ0) is 33.6. The SMILES string of the molecule is CC#C[N+]1=C(C=CC2=C(Cl)C(=CC=C3N(CCOC)c4ccc5ccccc5c4C3(C)C)CCC2)C(C)(C)C2c3ccccc3C=CC21. The van der Waals surface area contributed by atoms with Crippen LogP contribution in [0.15, 0.2) is 113 Å². The van der Waals surface area contributed by atoms with Crippen LogP contribution >= 0.6 is 11.6 Å². The van der Waals surface area contributed by atoms with Crippen molar-refractivity contribution in [3.05, 3.63) is 130 Å². The van der Waals surface area contributed by atoms with E-state index in [0.29, 0.717) is 12.5 Å². The van der Waals surface area contributed by atoms with Crippen molar-refractivity contribution in [2.75, 3.05) is 25.2 Å². The van der Waals surface area contributed by atoms with Crippen molar-refractivity contribution in [2.24, 2.45) is 5.41 Å². The number of ether oxygens (including phenoxy) is 1. The molecule has 4 heteroatoms. The van der Waals surface area contributed by atoms with Gasteiger partial charge in [-0.2, -0.15) is 0 Å². The fourth-order valence-corrected chi connectivity index (χ4v) is 9.02. The van der Waals surface area contributed by atoms with Crippen LogP contribution < -0.4 is 4.90 Å². The summed E-state index contributed by atoms with van der Waals surface area (Å²) in [5.41, 5.74) is 10.0. The van der Waals surface area contributed by atoms with Crippen molar-refractivity contribution in [1.82, 2.24) is 0 Å². The zero-order valence-corrected chi connectivity index (χ0v) is 29.9. The summed E-state index contributed by atoms with van der Waals surface area (Å²) in [5, 5.41) is 3.47. The molecule has 0 saturated heterocycles. The average Bonchev–Trinajstić information content (AvgIpc) is 3.44. The van der Waals surface area contributed by atoms with Gasteiger partial charge in [0.2, 0.25) is 6.04 Å². The van der Waals surface area contributed by atoms with Crippen molar-refractivity contribution in [1.29, 1.82) is 0 Å². The molecule has 0 spiro atoms. The lowest BCUT2D eigenvalue weighted by Crippen LogP contribution is -2.31. The highest BCUT2D eigenvalue weighted by atomic mass is 35.5. The minimum atomic E-state index is -0.174. The molecule has 244 valence electrons. The number of benzene rings is 3. The molecular formula is C44H46ClN2O+. The van der Waals surface area contributed by atoms with Crippen LogP contribution in [0.4, 0.5) is 5.69 Å². The van der Waals surface area contributed by atoms with Crippen LogP contribution in [0.2, 0.25) is 0 Å². The molecule has 2 aliphatic carbocycles. The van der Waals surface area contributed by atoms with Gasteiger partial charge in [0.15, 0.2) is 11.8 Å². The second-order valence-electron chi connectivity index (χ2n) is 14.5. The van der Waals surface area contributed by atoms with E-state index in [9.17, 15) is 0 Å². The summed E-state index contributed by atoms with van der Waals surface area (Å²) in [4.78, 5) is 2.44. The first-order valence-corrected chi connectivity index (χ1v) is 17.7. The Morgan fingerprint density at radius 2 is 1.77 bits per heavy atom. The van der Waals surface area contributed by atoms with Crippen molar-refractivity contribution < 1.29 is 9.31 Å². The van der Waals surface area contributed by atoms with Crippen LogP contribution in [0.25, 0.3) is 16.8 Å². The molecule has 2 unspecified atom stereocenters. The molecule has 0 fully saturated rings. The Bertz CT molecular complexity index is 2040. The number of fused-ring (bicyclic) bond motifs is 6. The number of rotatable bonds is 6. The molecule has 0 amide bonds. The number of methoxy groups -OCH3 is 1. The van der Waals surface area contributed by atoms with Crippen molar-refractivity contribution in [3.8, 4) is 12.0 Å². The van der Waals surface area contributed by atoms with Crippen molar-refractivity contribution in [3.63, 3.8) is 0 Å². The summed E-state index contributed by atoms with van der Waals surface area (Å²) in [6.07, 6.45) is 16.8. The summed E-state index contributed by atoms with van der Waals surface area (Å²) in [5.74, 6) is 3.52. The summed E-state index contributed by atoms with van der Waals surface area (Å²) >= 11 is 7.27. The zero-order valence-electron chi connectivity index (χ0n) is 29.1.